The van der Waals surface area contributed by atoms with Crippen molar-refractivity contribution in [2.24, 2.45) is 7.05 Å². The maximum Gasteiger partial charge on any atom is 0.157 e. The summed E-state index contributed by atoms with van der Waals surface area (Å²) >= 11 is 0. The van der Waals surface area contributed by atoms with Crippen molar-refractivity contribution < 1.29 is 4.79 Å². The lowest BCUT2D eigenvalue weighted by Gasteiger charge is -2.19. The maximum atomic E-state index is 11.1. The van der Waals surface area contributed by atoms with Crippen molar-refractivity contribution in [2.45, 2.75) is 19.4 Å². The topological polar surface area (TPSA) is 38.1 Å². The van der Waals surface area contributed by atoms with Crippen LogP contribution in [0.5, 0.6) is 0 Å². The summed E-state index contributed by atoms with van der Waals surface area (Å²) in [6, 6.07) is 0. The molecule has 0 N–H and O–H groups in total. The van der Waals surface area contributed by atoms with Gasteiger partial charge in [-0.1, -0.05) is 0 Å². The third kappa shape index (κ3) is 2.09. The number of imidazole rings is 1. The number of rotatable bonds is 3. The smallest absolute Gasteiger partial charge is 0.157 e. The van der Waals surface area contributed by atoms with E-state index in [1.54, 1.807) is 12.3 Å². The molecule has 0 saturated heterocycles. The van der Waals surface area contributed by atoms with E-state index in [2.05, 4.69) is 9.88 Å². The van der Waals surface area contributed by atoms with Gasteiger partial charge in [-0.15, -0.1) is 0 Å². The lowest BCUT2D eigenvalue weighted by molar-refractivity contribution is -0.114. The summed E-state index contributed by atoms with van der Waals surface area (Å²) in [7, 11) is 3.98. The fourth-order valence-electron chi connectivity index (χ4n) is 1.75. The number of hydrogen-bond donors (Lipinski definition) is 0. The van der Waals surface area contributed by atoms with Crippen molar-refractivity contribution in [3.8, 4) is 0 Å². The number of aromatic nitrogens is 2. The highest BCUT2D eigenvalue weighted by atomic mass is 16.1. The zero-order valence-electron chi connectivity index (χ0n) is 9.10. The maximum absolute atomic E-state index is 11.1. The molecule has 1 heterocycles. The van der Waals surface area contributed by atoms with Crippen LogP contribution in [0, 0.1) is 0 Å². The Morgan fingerprint density at radius 1 is 1.53 bits per heavy atom. The third-order valence-electron chi connectivity index (χ3n) is 2.75. The summed E-state index contributed by atoms with van der Waals surface area (Å²) in [6.45, 7) is 0.753. The molecule has 0 amide bonds. The van der Waals surface area contributed by atoms with Gasteiger partial charge in [0, 0.05) is 44.7 Å². The van der Waals surface area contributed by atoms with Crippen LogP contribution in [-0.2, 0) is 18.4 Å². The summed E-state index contributed by atoms with van der Waals surface area (Å²) in [6.07, 6.45) is 6.97. The van der Waals surface area contributed by atoms with E-state index >= 15 is 0 Å². The van der Waals surface area contributed by atoms with Gasteiger partial charge in [-0.25, -0.2) is 4.98 Å². The van der Waals surface area contributed by atoms with Gasteiger partial charge in [-0.3, -0.25) is 4.79 Å². The molecule has 2 rings (SSSR count). The Morgan fingerprint density at radius 3 is 2.87 bits per heavy atom. The van der Waals surface area contributed by atoms with Crippen molar-refractivity contribution in [1.82, 2.24) is 14.5 Å². The number of hydrogen-bond acceptors (Lipinski definition) is 3. The molecule has 1 aliphatic rings. The first kappa shape index (κ1) is 9.96. The van der Waals surface area contributed by atoms with Crippen LogP contribution in [0.3, 0.4) is 0 Å². The minimum Gasteiger partial charge on any atom is -0.370 e. The van der Waals surface area contributed by atoms with Gasteiger partial charge in [-0.2, -0.15) is 0 Å². The number of nitrogens with zero attached hydrogens (tertiary/aromatic N) is 3. The van der Waals surface area contributed by atoms with Crippen molar-refractivity contribution in [2.75, 3.05) is 7.05 Å². The van der Waals surface area contributed by atoms with Gasteiger partial charge in [0.15, 0.2) is 5.78 Å². The van der Waals surface area contributed by atoms with Gasteiger partial charge in [0.25, 0.3) is 0 Å². The van der Waals surface area contributed by atoms with E-state index in [-0.39, 0.29) is 5.78 Å². The molecule has 1 aromatic rings. The molecule has 0 saturated carbocycles. The molecule has 0 bridgehead atoms. The number of allylic oxidation sites excluding steroid dienone is 2. The Balaban J connectivity index is 2.04. The zero-order chi connectivity index (χ0) is 10.8. The fourth-order valence-corrected chi connectivity index (χ4v) is 1.75. The number of ketones is 1. The Morgan fingerprint density at radius 2 is 2.33 bits per heavy atom. The lowest BCUT2D eigenvalue weighted by Crippen LogP contribution is -2.18. The second-order valence-electron chi connectivity index (χ2n) is 3.91. The number of carbonyl (C=O) groups is 1. The second kappa shape index (κ2) is 3.88. The highest BCUT2D eigenvalue weighted by molar-refractivity contribution is 5.92. The summed E-state index contributed by atoms with van der Waals surface area (Å²) in [4.78, 5) is 17.4. The quantitative estimate of drug-likeness (QED) is 0.741. The Hall–Kier alpha value is -1.58. The zero-order valence-corrected chi connectivity index (χ0v) is 9.10. The molecule has 0 unspecified atom stereocenters. The fraction of sp³-hybridized carbons (Fsp3) is 0.455. The molecule has 1 aliphatic carbocycles. The summed E-state index contributed by atoms with van der Waals surface area (Å²) in [5.74, 6) is 1.24. The van der Waals surface area contributed by atoms with Crippen molar-refractivity contribution >= 4 is 5.78 Å². The van der Waals surface area contributed by atoms with Crippen LogP contribution < -0.4 is 0 Å². The van der Waals surface area contributed by atoms with E-state index in [4.69, 9.17) is 0 Å². The van der Waals surface area contributed by atoms with Gasteiger partial charge in [0.1, 0.15) is 5.82 Å². The molecule has 0 spiro atoms. The minimum atomic E-state index is 0.233. The van der Waals surface area contributed by atoms with E-state index < -0.39 is 0 Å². The normalized spacial score (nSPS) is 15.6. The Kier molecular flexibility index (Phi) is 2.58. The Labute approximate surface area is 89.2 Å². The molecule has 0 fully saturated rings. The first-order valence-electron chi connectivity index (χ1n) is 5.07. The van der Waals surface area contributed by atoms with Gasteiger partial charge in [0.05, 0.1) is 6.54 Å². The highest BCUT2D eigenvalue weighted by Gasteiger charge is 2.16. The minimum absolute atomic E-state index is 0.233. The van der Waals surface area contributed by atoms with E-state index in [0.29, 0.717) is 6.42 Å². The molecule has 0 aliphatic heterocycles. The van der Waals surface area contributed by atoms with Crippen LogP contribution >= 0.6 is 0 Å². The van der Waals surface area contributed by atoms with Crippen LogP contribution in [0.25, 0.3) is 0 Å². The van der Waals surface area contributed by atoms with Gasteiger partial charge < -0.3 is 9.47 Å². The third-order valence-corrected chi connectivity index (χ3v) is 2.75. The van der Waals surface area contributed by atoms with Gasteiger partial charge >= 0.3 is 0 Å². The van der Waals surface area contributed by atoms with Crippen LogP contribution in [0.15, 0.2) is 24.2 Å². The van der Waals surface area contributed by atoms with Gasteiger partial charge in [0.2, 0.25) is 0 Å². The SMILES string of the molecule is CN(Cc1nccn1C)C1=CC(=O)CC1. The van der Waals surface area contributed by atoms with Crippen molar-refractivity contribution in [3.63, 3.8) is 0 Å². The van der Waals surface area contributed by atoms with Crippen molar-refractivity contribution in [3.05, 3.63) is 30.0 Å². The van der Waals surface area contributed by atoms with Gasteiger partial charge in [-0.05, 0) is 6.42 Å². The summed E-state index contributed by atoms with van der Waals surface area (Å²) in [5.41, 5.74) is 1.11. The molecule has 0 aromatic carbocycles. The summed E-state index contributed by atoms with van der Waals surface area (Å²) in [5, 5.41) is 0. The van der Waals surface area contributed by atoms with Crippen molar-refractivity contribution in [1.29, 1.82) is 0 Å². The van der Waals surface area contributed by atoms with Crippen LogP contribution in [0.1, 0.15) is 18.7 Å². The van der Waals surface area contributed by atoms with Crippen LogP contribution in [0.2, 0.25) is 0 Å². The standard InChI is InChI=1S/C11H15N3O/c1-13-6-5-12-11(13)8-14(2)9-3-4-10(15)7-9/h5-7H,3-4,8H2,1-2H3. The molecule has 0 radical (unpaired) electrons. The molecule has 4 nitrogen and oxygen atoms in total. The second-order valence-corrected chi connectivity index (χ2v) is 3.91. The monoisotopic (exact) mass is 205 g/mol. The lowest BCUT2D eigenvalue weighted by atomic mass is 10.3. The first-order chi connectivity index (χ1) is 7.16. The van der Waals surface area contributed by atoms with E-state index in [1.807, 2.05) is 24.9 Å². The molecular formula is C11H15N3O. The van der Waals surface area contributed by atoms with Crippen LogP contribution in [-0.4, -0.2) is 27.3 Å². The largest absolute Gasteiger partial charge is 0.370 e. The van der Waals surface area contributed by atoms with E-state index in [0.717, 1.165) is 24.5 Å². The predicted molar refractivity (Wildman–Crippen MR) is 57.0 cm³/mol. The number of carbonyl (C=O) groups excluding carboxylic acids is 1. The molecule has 1 aromatic heterocycles. The van der Waals surface area contributed by atoms with E-state index in [9.17, 15) is 4.79 Å². The molecular weight excluding hydrogens is 190 g/mol. The molecule has 4 heteroatoms. The average molecular weight is 205 g/mol. The Bertz CT molecular complexity index is 406. The number of aryl methyl sites for hydroxylation is 1. The highest BCUT2D eigenvalue weighted by Crippen LogP contribution is 2.19. The summed E-state index contributed by atoms with van der Waals surface area (Å²) < 4.78 is 1.99. The molecule has 15 heavy (non-hydrogen) atoms. The molecule has 80 valence electrons. The molecule has 0 atom stereocenters. The average Bonchev–Trinajstić information content (AvgIpc) is 2.77. The van der Waals surface area contributed by atoms with Crippen LogP contribution in [0.4, 0.5) is 0 Å². The first-order valence-corrected chi connectivity index (χ1v) is 5.07. The van der Waals surface area contributed by atoms with E-state index in [1.165, 1.54) is 0 Å². The predicted octanol–water partition coefficient (Wildman–Crippen LogP) is 1.10.